The van der Waals surface area contributed by atoms with Crippen molar-refractivity contribution in [3.63, 3.8) is 0 Å². The van der Waals surface area contributed by atoms with Crippen LogP contribution in [0.3, 0.4) is 0 Å². The second-order valence-electron chi connectivity index (χ2n) is 10.9. The topological polar surface area (TPSA) is 102 Å². The van der Waals surface area contributed by atoms with Crippen LogP contribution in [0.4, 0.5) is 26.3 Å². The Balaban J connectivity index is 0.000000438. The predicted molar refractivity (Wildman–Crippen MR) is 186 cm³/mol. The Morgan fingerprint density at radius 2 is 1.16 bits per heavy atom. The van der Waals surface area contributed by atoms with E-state index >= 15 is 0 Å². The Morgan fingerprint density at radius 3 is 1.50 bits per heavy atom. The summed E-state index contributed by atoms with van der Waals surface area (Å²) < 4.78 is 85.1. The van der Waals surface area contributed by atoms with Crippen molar-refractivity contribution in [2.75, 3.05) is 23.9 Å². The van der Waals surface area contributed by atoms with Gasteiger partial charge in [-0.2, -0.15) is 26.3 Å². The smallest absolute Gasteiger partial charge is 0.416 e. The van der Waals surface area contributed by atoms with Gasteiger partial charge in [0.2, 0.25) is 10.6 Å². The minimum atomic E-state index is -4.41. The number of halogens is 9. The Labute approximate surface area is 312 Å². The number of hydrogen-bond acceptors (Lipinski definition) is 7. The number of nitrogens with one attached hydrogen (secondary N) is 1. The highest BCUT2D eigenvalue weighted by molar-refractivity contribution is 9.19. The molecule has 1 N–H and O–H groups in total. The molecule has 2 fully saturated rings. The molecule has 2 saturated carbocycles. The van der Waals surface area contributed by atoms with Gasteiger partial charge in [0.25, 0.3) is 0 Å². The van der Waals surface area contributed by atoms with E-state index in [1.165, 1.54) is 29.2 Å². The summed E-state index contributed by atoms with van der Waals surface area (Å²) >= 11 is 8.69. The van der Waals surface area contributed by atoms with Crippen molar-refractivity contribution < 1.29 is 55.0 Å². The van der Waals surface area contributed by atoms with Gasteiger partial charge in [-0.25, -0.2) is 4.79 Å². The summed E-state index contributed by atoms with van der Waals surface area (Å²) in [5.74, 6) is -1.06. The van der Waals surface area contributed by atoms with E-state index in [1.807, 2.05) is 0 Å². The first-order chi connectivity index (χ1) is 22.9. The van der Waals surface area contributed by atoms with Crippen molar-refractivity contribution in [3.05, 3.63) is 70.8 Å². The van der Waals surface area contributed by atoms with E-state index < -0.39 is 40.5 Å². The van der Waals surface area contributed by atoms with E-state index in [0.29, 0.717) is 55.3 Å². The van der Waals surface area contributed by atoms with Crippen molar-refractivity contribution in [1.82, 2.24) is 10.2 Å². The summed E-state index contributed by atoms with van der Waals surface area (Å²) in [6.07, 6.45) is -6.35. The normalized spacial score (nSPS) is 15.0. The van der Waals surface area contributed by atoms with Crippen LogP contribution in [0, 0.1) is 0 Å². The van der Waals surface area contributed by atoms with Crippen LogP contribution in [0.15, 0.2) is 48.5 Å². The van der Waals surface area contributed by atoms with Crippen LogP contribution in [0.2, 0.25) is 0 Å². The predicted octanol–water partition coefficient (Wildman–Crippen LogP) is 8.35. The first-order valence-corrected chi connectivity index (χ1v) is 17.9. The van der Waals surface area contributed by atoms with Crippen molar-refractivity contribution in [2.24, 2.45) is 0 Å². The third kappa shape index (κ3) is 13.6. The summed E-state index contributed by atoms with van der Waals surface area (Å²) in [5.41, 5.74) is -1.84. The third-order valence-corrected chi connectivity index (χ3v) is 9.39. The first kappa shape index (κ1) is 45.5. The van der Waals surface area contributed by atoms with Gasteiger partial charge in [-0.3, -0.25) is 19.7 Å². The highest BCUT2D eigenvalue weighted by Gasteiger charge is 2.57. The molecule has 50 heavy (non-hydrogen) atoms. The Bertz CT molecular complexity index is 1420. The number of hydrogen-bond donors (Lipinski definition) is 1. The summed E-state index contributed by atoms with van der Waals surface area (Å²) in [4.78, 5) is 47.2. The number of esters is 2. The minimum Gasteiger partial charge on any atom is -0.465 e. The lowest BCUT2D eigenvalue weighted by Crippen LogP contribution is -2.48. The monoisotopic (exact) mass is 910 g/mol. The maximum absolute atomic E-state index is 12.6. The molecular weight excluding hydrogens is 874 g/mol. The summed E-state index contributed by atoms with van der Waals surface area (Å²) in [7, 11) is 0. The fourth-order valence-electron chi connectivity index (χ4n) is 4.43. The van der Waals surface area contributed by atoms with Crippen LogP contribution >= 0.6 is 47.8 Å². The molecule has 0 atom stereocenters. The molecule has 0 saturated heterocycles. The molecule has 2 aliphatic carbocycles. The highest BCUT2D eigenvalue weighted by atomic mass is 79.9. The number of amides is 1. The number of nitrogens with zero attached hydrogens (tertiary/aromatic N) is 1. The highest BCUT2D eigenvalue weighted by Crippen LogP contribution is 2.44. The SMILES string of the molecule is C.CCOC(=O)C1(N(Cc2ccc(C(F)(F)F)cc2)C(=O)CBr)CC1.CCOC(=O)C1(NCc2ccc(C(F)(F)F)cc2)CC1.O=C(Br)CBr. The molecule has 0 aliphatic heterocycles. The van der Waals surface area contributed by atoms with Crippen LogP contribution in [0.1, 0.15) is 69.2 Å². The second-order valence-corrected chi connectivity index (χ2v) is 12.9. The maximum Gasteiger partial charge on any atom is 0.416 e. The fourth-order valence-corrected chi connectivity index (χ4v) is 4.73. The van der Waals surface area contributed by atoms with Crippen molar-refractivity contribution >= 4 is 70.3 Å². The second kappa shape index (κ2) is 19.9. The Kier molecular flexibility index (Phi) is 18.1. The van der Waals surface area contributed by atoms with E-state index in [1.54, 1.807) is 13.8 Å². The van der Waals surface area contributed by atoms with E-state index in [4.69, 9.17) is 9.47 Å². The fraction of sp³-hybridized carbons (Fsp3) is 0.515. The molecule has 0 aromatic heterocycles. The molecular formula is C33H39Br3F6N2O6. The Hall–Kier alpha value is -2.50. The van der Waals surface area contributed by atoms with Gasteiger partial charge in [-0.15, -0.1) is 0 Å². The van der Waals surface area contributed by atoms with Crippen LogP contribution < -0.4 is 5.32 Å². The number of carbonyl (C=O) groups is 4. The summed E-state index contributed by atoms with van der Waals surface area (Å²) in [5, 5.41) is 3.49. The first-order valence-electron chi connectivity index (χ1n) is 14.9. The number of rotatable bonds is 12. The van der Waals surface area contributed by atoms with Gasteiger partial charge >= 0.3 is 24.3 Å². The summed E-state index contributed by atoms with van der Waals surface area (Å²) in [6.45, 7) is 4.35. The van der Waals surface area contributed by atoms with Gasteiger partial charge in [0, 0.05) is 13.1 Å². The van der Waals surface area contributed by atoms with Gasteiger partial charge in [-0.1, -0.05) is 63.6 Å². The van der Waals surface area contributed by atoms with Gasteiger partial charge < -0.3 is 14.4 Å². The lowest BCUT2D eigenvalue weighted by Gasteiger charge is -2.30. The molecule has 2 aromatic carbocycles. The molecule has 0 radical (unpaired) electrons. The molecule has 2 aliphatic rings. The van der Waals surface area contributed by atoms with E-state index in [-0.39, 0.29) is 42.5 Å². The average Bonchev–Trinajstić information content (AvgIpc) is 3.99. The molecule has 17 heteroatoms. The summed E-state index contributed by atoms with van der Waals surface area (Å²) in [6, 6.07) is 9.49. The molecule has 1 amide bonds. The minimum absolute atomic E-state index is 0. The van der Waals surface area contributed by atoms with Crippen LogP contribution in [0.5, 0.6) is 0 Å². The molecule has 0 bridgehead atoms. The molecule has 280 valence electrons. The Morgan fingerprint density at radius 1 is 0.740 bits per heavy atom. The maximum atomic E-state index is 12.6. The van der Waals surface area contributed by atoms with Crippen LogP contribution in [0.25, 0.3) is 0 Å². The molecule has 0 unspecified atom stereocenters. The standard InChI is InChI=1S/C16H17BrF3NO3.C14H16F3NO2.C2H2Br2O.CH4/c1-2-24-14(23)15(7-8-15)21(13(22)9-17)10-11-3-5-12(6-4-11)16(18,19)20;1-2-20-12(19)13(7-8-13)18-9-10-3-5-11(6-4-10)14(15,16)17;3-1-2(4)5;/h3-6H,2,7-10H2,1H3;3-6,18H,2,7-9H2,1H3;1H2;1H4. The van der Waals surface area contributed by atoms with E-state index in [9.17, 15) is 45.5 Å². The van der Waals surface area contributed by atoms with Crippen molar-refractivity contribution in [2.45, 2.75) is 83.5 Å². The van der Waals surface area contributed by atoms with Gasteiger partial charge in [-0.05, 0) is 90.9 Å². The third-order valence-electron chi connectivity index (χ3n) is 7.37. The lowest BCUT2D eigenvalue weighted by molar-refractivity contribution is -0.156. The van der Waals surface area contributed by atoms with Crippen LogP contribution in [-0.4, -0.2) is 62.4 Å². The van der Waals surface area contributed by atoms with Gasteiger partial charge in [0.1, 0.15) is 11.1 Å². The average molecular weight is 913 g/mol. The largest absolute Gasteiger partial charge is 0.465 e. The number of benzene rings is 2. The van der Waals surface area contributed by atoms with Gasteiger partial charge in [0.15, 0.2) is 0 Å². The zero-order valence-corrected chi connectivity index (χ0v) is 31.2. The van der Waals surface area contributed by atoms with Gasteiger partial charge in [0.05, 0.1) is 35.0 Å². The number of ether oxygens (including phenoxy) is 2. The van der Waals surface area contributed by atoms with E-state index in [2.05, 4.69) is 53.1 Å². The zero-order chi connectivity index (χ0) is 37.0. The molecule has 2 aromatic rings. The molecule has 0 heterocycles. The van der Waals surface area contributed by atoms with Crippen molar-refractivity contribution in [3.8, 4) is 0 Å². The lowest BCUT2D eigenvalue weighted by atomic mass is 10.1. The van der Waals surface area contributed by atoms with Crippen LogP contribution in [-0.2, 0) is 54.1 Å². The molecule has 8 nitrogen and oxygen atoms in total. The quantitative estimate of drug-likeness (QED) is 0.0990. The van der Waals surface area contributed by atoms with E-state index in [0.717, 1.165) is 24.3 Å². The zero-order valence-electron chi connectivity index (χ0n) is 26.5. The molecule has 0 spiro atoms. The molecule has 4 rings (SSSR count). The number of carbonyl (C=O) groups excluding carboxylic acids is 4. The number of alkyl halides is 8. The van der Waals surface area contributed by atoms with Crippen molar-refractivity contribution in [1.29, 1.82) is 0 Å².